The Bertz CT molecular complexity index is 461. The zero-order valence-corrected chi connectivity index (χ0v) is 10.3. The van der Waals surface area contributed by atoms with Crippen molar-refractivity contribution in [1.29, 1.82) is 5.26 Å². The van der Waals surface area contributed by atoms with Gasteiger partial charge in [-0.25, -0.2) is 0 Å². The smallest absolute Gasteiger partial charge is 0.225 e. The summed E-state index contributed by atoms with van der Waals surface area (Å²) >= 11 is 0. The molecule has 0 aliphatic heterocycles. The molecule has 0 aliphatic carbocycles. The minimum absolute atomic E-state index is 0.0337. The Hall–Kier alpha value is -2.02. The lowest BCUT2D eigenvalue weighted by Gasteiger charge is -2.11. The lowest BCUT2D eigenvalue weighted by atomic mass is 10.0. The molecule has 0 fully saturated rings. The molecular formula is C13H16N2O2. The van der Waals surface area contributed by atoms with Crippen LogP contribution in [0.5, 0.6) is 5.75 Å². The number of nitriles is 1. The molecule has 0 saturated carbocycles. The predicted octanol–water partition coefficient (Wildman–Crippen LogP) is 1.49. The number of hydrogen-bond donors (Lipinski definition) is 1. The van der Waals surface area contributed by atoms with Crippen molar-refractivity contribution >= 4 is 5.91 Å². The van der Waals surface area contributed by atoms with Crippen LogP contribution in [0, 0.1) is 25.2 Å². The Morgan fingerprint density at radius 3 is 2.65 bits per heavy atom. The fourth-order valence-electron chi connectivity index (χ4n) is 1.55. The van der Waals surface area contributed by atoms with E-state index in [2.05, 4.69) is 5.32 Å². The maximum Gasteiger partial charge on any atom is 0.225 e. The number of hydrogen-bond acceptors (Lipinski definition) is 3. The molecule has 0 spiro atoms. The van der Waals surface area contributed by atoms with Crippen LogP contribution in [0.4, 0.5) is 0 Å². The van der Waals surface area contributed by atoms with Gasteiger partial charge in [0.05, 0.1) is 19.6 Å². The maximum absolute atomic E-state index is 11.5. The number of carbonyl (C=O) groups excluding carboxylic acids is 1. The number of carbonyl (C=O) groups is 1. The summed E-state index contributed by atoms with van der Waals surface area (Å²) in [5.74, 6) is 0.535. The van der Waals surface area contributed by atoms with Gasteiger partial charge in [-0.3, -0.25) is 4.79 Å². The number of aryl methyl sites for hydroxylation is 2. The van der Waals surface area contributed by atoms with Crippen LogP contribution in [0.2, 0.25) is 0 Å². The van der Waals surface area contributed by atoms with Crippen molar-refractivity contribution in [2.75, 3.05) is 13.7 Å². The second-order valence-corrected chi connectivity index (χ2v) is 3.86. The van der Waals surface area contributed by atoms with Crippen LogP contribution in [-0.2, 0) is 11.2 Å². The highest BCUT2D eigenvalue weighted by Crippen LogP contribution is 2.23. The Kier molecular flexibility index (Phi) is 4.53. The van der Waals surface area contributed by atoms with E-state index in [1.807, 2.05) is 32.0 Å². The van der Waals surface area contributed by atoms with Gasteiger partial charge in [0.1, 0.15) is 12.3 Å². The van der Waals surface area contributed by atoms with Crippen LogP contribution in [-0.4, -0.2) is 19.6 Å². The summed E-state index contributed by atoms with van der Waals surface area (Å²) in [5, 5.41) is 10.9. The number of methoxy groups -OCH3 is 1. The first-order chi connectivity index (χ1) is 8.08. The van der Waals surface area contributed by atoms with E-state index in [9.17, 15) is 4.79 Å². The van der Waals surface area contributed by atoms with E-state index < -0.39 is 0 Å². The highest BCUT2D eigenvalue weighted by Gasteiger charge is 2.10. The minimum Gasteiger partial charge on any atom is -0.496 e. The SMILES string of the molecule is COc1cc(C)c(C)cc1CC(=O)NCC#N. The van der Waals surface area contributed by atoms with Gasteiger partial charge in [-0.15, -0.1) is 0 Å². The van der Waals surface area contributed by atoms with Crippen molar-refractivity contribution in [2.24, 2.45) is 0 Å². The molecule has 0 aliphatic rings. The van der Waals surface area contributed by atoms with Gasteiger partial charge in [-0.05, 0) is 31.0 Å². The first-order valence-electron chi connectivity index (χ1n) is 5.36. The average molecular weight is 232 g/mol. The molecule has 0 aromatic heterocycles. The summed E-state index contributed by atoms with van der Waals surface area (Å²) in [6.07, 6.45) is 0.228. The van der Waals surface area contributed by atoms with Gasteiger partial charge >= 0.3 is 0 Å². The van der Waals surface area contributed by atoms with Gasteiger partial charge in [-0.2, -0.15) is 5.26 Å². The normalized spacial score (nSPS) is 9.53. The summed E-state index contributed by atoms with van der Waals surface area (Å²) in [7, 11) is 1.58. The van der Waals surface area contributed by atoms with Gasteiger partial charge in [0, 0.05) is 5.56 Å². The zero-order chi connectivity index (χ0) is 12.8. The summed E-state index contributed by atoms with van der Waals surface area (Å²) < 4.78 is 5.24. The first-order valence-corrected chi connectivity index (χ1v) is 5.36. The first kappa shape index (κ1) is 13.0. The summed E-state index contributed by atoms with van der Waals surface area (Å²) in [6, 6.07) is 5.73. The lowest BCUT2D eigenvalue weighted by Crippen LogP contribution is -2.25. The molecule has 4 heteroatoms. The molecule has 0 saturated heterocycles. The van der Waals surface area contributed by atoms with Crippen molar-refractivity contribution in [3.05, 3.63) is 28.8 Å². The number of nitrogens with one attached hydrogen (secondary N) is 1. The zero-order valence-electron chi connectivity index (χ0n) is 10.3. The molecule has 0 atom stereocenters. The largest absolute Gasteiger partial charge is 0.496 e. The van der Waals surface area contributed by atoms with Crippen molar-refractivity contribution in [3.8, 4) is 11.8 Å². The molecule has 0 bridgehead atoms. The molecule has 0 heterocycles. The Labute approximate surface area is 101 Å². The third-order valence-electron chi connectivity index (χ3n) is 2.61. The standard InChI is InChI=1S/C13H16N2O2/c1-9-6-11(8-13(16)15-5-4-14)12(17-3)7-10(9)2/h6-7H,5,8H2,1-3H3,(H,15,16). The predicted molar refractivity (Wildman–Crippen MR) is 64.8 cm³/mol. The topological polar surface area (TPSA) is 62.1 Å². The van der Waals surface area contributed by atoms with E-state index in [0.29, 0.717) is 5.75 Å². The molecule has 1 N–H and O–H groups in total. The molecular weight excluding hydrogens is 216 g/mol. The van der Waals surface area contributed by atoms with E-state index in [-0.39, 0.29) is 18.9 Å². The van der Waals surface area contributed by atoms with Crippen molar-refractivity contribution in [1.82, 2.24) is 5.32 Å². The summed E-state index contributed by atoms with van der Waals surface area (Å²) in [6.45, 7) is 4.02. The van der Waals surface area contributed by atoms with Crippen LogP contribution in [0.3, 0.4) is 0 Å². The molecule has 0 unspecified atom stereocenters. The van der Waals surface area contributed by atoms with Crippen molar-refractivity contribution < 1.29 is 9.53 Å². The highest BCUT2D eigenvalue weighted by molar-refractivity contribution is 5.79. The monoisotopic (exact) mass is 232 g/mol. The number of amides is 1. The Morgan fingerprint density at radius 2 is 2.06 bits per heavy atom. The molecule has 1 aromatic carbocycles. The van der Waals surface area contributed by atoms with Crippen LogP contribution in [0.25, 0.3) is 0 Å². The highest BCUT2D eigenvalue weighted by atomic mass is 16.5. The van der Waals surface area contributed by atoms with E-state index in [1.54, 1.807) is 7.11 Å². The van der Waals surface area contributed by atoms with Crippen molar-refractivity contribution in [3.63, 3.8) is 0 Å². The van der Waals surface area contributed by atoms with Crippen molar-refractivity contribution in [2.45, 2.75) is 20.3 Å². The molecule has 17 heavy (non-hydrogen) atoms. The summed E-state index contributed by atoms with van der Waals surface area (Å²) in [5.41, 5.74) is 3.09. The van der Waals surface area contributed by atoms with Gasteiger partial charge < -0.3 is 10.1 Å². The summed E-state index contributed by atoms with van der Waals surface area (Å²) in [4.78, 5) is 11.5. The van der Waals surface area contributed by atoms with Gasteiger partial charge in [-0.1, -0.05) is 6.07 Å². The van der Waals surface area contributed by atoms with Crippen LogP contribution in [0.15, 0.2) is 12.1 Å². The van der Waals surface area contributed by atoms with E-state index in [1.165, 1.54) is 0 Å². The molecule has 4 nitrogen and oxygen atoms in total. The average Bonchev–Trinajstić information content (AvgIpc) is 2.31. The van der Waals surface area contributed by atoms with Crippen LogP contribution >= 0.6 is 0 Å². The van der Waals surface area contributed by atoms with Crippen LogP contribution < -0.4 is 10.1 Å². The number of ether oxygens (including phenoxy) is 1. The Morgan fingerprint density at radius 1 is 1.41 bits per heavy atom. The molecule has 1 aromatic rings. The molecule has 0 radical (unpaired) electrons. The van der Waals surface area contributed by atoms with Crippen LogP contribution in [0.1, 0.15) is 16.7 Å². The van der Waals surface area contributed by atoms with Gasteiger partial charge in [0.2, 0.25) is 5.91 Å². The maximum atomic E-state index is 11.5. The molecule has 90 valence electrons. The van der Waals surface area contributed by atoms with E-state index >= 15 is 0 Å². The second kappa shape index (κ2) is 5.90. The number of benzene rings is 1. The fraction of sp³-hybridized carbons (Fsp3) is 0.385. The van der Waals surface area contributed by atoms with Gasteiger partial charge in [0.15, 0.2) is 0 Å². The van der Waals surface area contributed by atoms with E-state index in [0.717, 1.165) is 16.7 Å². The number of nitrogens with zero attached hydrogens (tertiary/aromatic N) is 1. The van der Waals surface area contributed by atoms with Gasteiger partial charge in [0.25, 0.3) is 0 Å². The molecule has 1 rings (SSSR count). The number of rotatable bonds is 4. The Balaban J connectivity index is 2.87. The fourth-order valence-corrected chi connectivity index (χ4v) is 1.55. The lowest BCUT2D eigenvalue weighted by molar-refractivity contribution is -0.120. The quantitative estimate of drug-likeness (QED) is 0.800. The van der Waals surface area contributed by atoms with E-state index in [4.69, 9.17) is 10.00 Å². The third-order valence-corrected chi connectivity index (χ3v) is 2.61. The second-order valence-electron chi connectivity index (χ2n) is 3.86. The molecule has 1 amide bonds. The third kappa shape index (κ3) is 3.49. The minimum atomic E-state index is -0.173.